The molecule has 1 saturated heterocycles. The molecule has 0 atom stereocenters. The molecule has 2 amide bonds. The normalized spacial score (nSPS) is 13.6. The minimum Gasteiger partial charge on any atom is -0.342 e. The van der Waals surface area contributed by atoms with E-state index < -0.39 is 15.9 Å². The fourth-order valence-electron chi connectivity index (χ4n) is 4.46. The lowest BCUT2D eigenvalue weighted by atomic mass is 10.1. The number of benzene rings is 3. The van der Waals surface area contributed by atoms with Crippen LogP contribution in [-0.2, 0) is 32.6 Å². The van der Waals surface area contributed by atoms with Gasteiger partial charge in [0.1, 0.15) is 0 Å². The highest BCUT2D eigenvalue weighted by Crippen LogP contribution is 2.23. The molecule has 4 rings (SSSR count). The number of nitrogens with one attached hydrogen (secondary N) is 1. The number of carbonyl (C=O) groups is 2. The molecule has 1 N–H and O–H groups in total. The van der Waals surface area contributed by atoms with Gasteiger partial charge in [-0.25, -0.2) is 8.42 Å². The molecule has 3 aromatic carbocycles. The Hall–Kier alpha value is -3.49. The van der Waals surface area contributed by atoms with Gasteiger partial charge >= 0.3 is 0 Å². The second kappa shape index (κ2) is 11.7. The highest BCUT2D eigenvalue weighted by Gasteiger charge is 2.28. The maximum Gasteiger partial charge on any atom is 0.244 e. The second-order valence-electron chi connectivity index (χ2n) is 9.54. The number of carbonyl (C=O) groups excluding carboxylic acids is 2. The van der Waals surface area contributed by atoms with Gasteiger partial charge in [0.25, 0.3) is 0 Å². The first-order valence-electron chi connectivity index (χ1n) is 12.5. The highest BCUT2D eigenvalue weighted by atomic mass is 32.2. The van der Waals surface area contributed by atoms with Crippen molar-refractivity contribution < 1.29 is 18.0 Å². The van der Waals surface area contributed by atoms with Crippen molar-refractivity contribution in [3.63, 3.8) is 0 Å². The smallest absolute Gasteiger partial charge is 0.244 e. The minimum atomic E-state index is -3.94. The summed E-state index contributed by atoms with van der Waals surface area (Å²) in [5, 5.41) is 2.80. The van der Waals surface area contributed by atoms with Gasteiger partial charge in [-0.05, 0) is 67.1 Å². The zero-order valence-electron chi connectivity index (χ0n) is 21.3. The van der Waals surface area contributed by atoms with E-state index in [1.807, 2.05) is 60.4 Å². The minimum absolute atomic E-state index is 0.0710. The van der Waals surface area contributed by atoms with E-state index in [1.165, 1.54) is 4.31 Å². The Morgan fingerprint density at radius 2 is 1.57 bits per heavy atom. The van der Waals surface area contributed by atoms with Gasteiger partial charge in [-0.3, -0.25) is 9.59 Å². The van der Waals surface area contributed by atoms with Crippen molar-refractivity contribution in [1.29, 1.82) is 0 Å². The highest BCUT2D eigenvalue weighted by molar-refractivity contribution is 7.89. The van der Waals surface area contributed by atoms with Gasteiger partial charge in [-0.15, -0.1) is 0 Å². The van der Waals surface area contributed by atoms with E-state index in [0.717, 1.165) is 42.6 Å². The fourth-order valence-corrected chi connectivity index (χ4v) is 6.15. The predicted octanol–water partition coefficient (Wildman–Crippen LogP) is 4.30. The maximum atomic E-state index is 13.7. The first kappa shape index (κ1) is 26.6. The molecule has 0 unspecified atom stereocenters. The third kappa shape index (κ3) is 6.84. The first-order chi connectivity index (χ1) is 17.7. The Morgan fingerprint density at radius 1 is 0.892 bits per heavy atom. The maximum absolute atomic E-state index is 13.7. The van der Waals surface area contributed by atoms with Gasteiger partial charge in [-0.2, -0.15) is 4.31 Å². The molecule has 194 valence electrons. The third-order valence-corrected chi connectivity index (χ3v) is 8.47. The summed E-state index contributed by atoms with van der Waals surface area (Å²) < 4.78 is 28.5. The van der Waals surface area contributed by atoms with E-state index in [1.54, 1.807) is 31.2 Å². The van der Waals surface area contributed by atoms with E-state index in [4.69, 9.17) is 0 Å². The van der Waals surface area contributed by atoms with Crippen molar-refractivity contribution in [2.24, 2.45) is 0 Å². The summed E-state index contributed by atoms with van der Waals surface area (Å²) in [6.45, 7) is 4.97. The molecule has 0 aliphatic carbocycles. The topological polar surface area (TPSA) is 86.8 Å². The van der Waals surface area contributed by atoms with E-state index >= 15 is 0 Å². The van der Waals surface area contributed by atoms with Crippen molar-refractivity contribution in [1.82, 2.24) is 9.21 Å². The van der Waals surface area contributed by atoms with Crippen LogP contribution in [0.1, 0.15) is 35.1 Å². The number of aryl methyl sites for hydroxylation is 2. The first-order valence-corrected chi connectivity index (χ1v) is 13.9. The number of hydrogen-bond donors (Lipinski definition) is 1. The molecule has 0 radical (unpaired) electrons. The van der Waals surface area contributed by atoms with E-state index in [9.17, 15) is 18.0 Å². The summed E-state index contributed by atoms with van der Waals surface area (Å²) in [5.74, 6) is -0.326. The van der Waals surface area contributed by atoms with Gasteiger partial charge < -0.3 is 10.2 Å². The molecule has 1 aliphatic heterocycles. The number of likely N-dealkylation sites (tertiary alicyclic amines) is 1. The molecule has 8 heteroatoms. The Morgan fingerprint density at radius 3 is 2.24 bits per heavy atom. The summed E-state index contributed by atoms with van der Waals surface area (Å²) in [6.07, 6.45) is 2.43. The quantitative estimate of drug-likeness (QED) is 0.457. The molecule has 0 bridgehead atoms. The summed E-state index contributed by atoms with van der Waals surface area (Å²) >= 11 is 0. The van der Waals surface area contributed by atoms with Crippen molar-refractivity contribution in [2.75, 3.05) is 25.0 Å². The summed E-state index contributed by atoms with van der Waals surface area (Å²) in [5.41, 5.74) is 3.67. The van der Waals surface area contributed by atoms with Crippen molar-refractivity contribution in [3.8, 4) is 0 Å². The molecule has 1 fully saturated rings. The molecule has 1 heterocycles. The number of amides is 2. The van der Waals surface area contributed by atoms with Crippen LogP contribution in [0.4, 0.5) is 5.69 Å². The van der Waals surface area contributed by atoms with E-state index in [0.29, 0.717) is 17.7 Å². The van der Waals surface area contributed by atoms with Crippen LogP contribution in [0.3, 0.4) is 0 Å². The van der Waals surface area contributed by atoms with Crippen LogP contribution < -0.4 is 5.32 Å². The lowest BCUT2D eigenvalue weighted by Crippen LogP contribution is -2.38. The predicted molar refractivity (Wildman–Crippen MR) is 145 cm³/mol. The van der Waals surface area contributed by atoms with E-state index in [2.05, 4.69) is 5.32 Å². The third-order valence-electron chi connectivity index (χ3n) is 6.53. The lowest BCUT2D eigenvalue weighted by molar-refractivity contribution is -0.129. The zero-order valence-corrected chi connectivity index (χ0v) is 22.1. The average Bonchev–Trinajstić information content (AvgIpc) is 3.42. The molecule has 37 heavy (non-hydrogen) atoms. The monoisotopic (exact) mass is 519 g/mol. The average molecular weight is 520 g/mol. The van der Waals surface area contributed by atoms with Gasteiger partial charge in [0, 0.05) is 25.3 Å². The van der Waals surface area contributed by atoms with Crippen LogP contribution in [0, 0.1) is 13.8 Å². The molecule has 0 spiro atoms. The van der Waals surface area contributed by atoms with Gasteiger partial charge in [0.05, 0.1) is 17.9 Å². The molecular weight excluding hydrogens is 486 g/mol. The number of anilines is 1. The van der Waals surface area contributed by atoms with Crippen LogP contribution in [0.2, 0.25) is 0 Å². The van der Waals surface area contributed by atoms with Crippen molar-refractivity contribution >= 4 is 27.5 Å². The zero-order chi connectivity index (χ0) is 26.4. The number of nitrogens with zero attached hydrogens (tertiary/aromatic N) is 2. The van der Waals surface area contributed by atoms with Crippen molar-refractivity contribution in [3.05, 3.63) is 95.1 Å². The second-order valence-corrected chi connectivity index (χ2v) is 11.4. The summed E-state index contributed by atoms with van der Waals surface area (Å²) in [6, 6.07) is 21.6. The Labute approximate surface area is 219 Å². The van der Waals surface area contributed by atoms with Crippen LogP contribution in [0.5, 0.6) is 0 Å². The molecule has 7 nitrogen and oxygen atoms in total. The largest absolute Gasteiger partial charge is 0.342 e. The van der Waals surface area contributed by atoms with Crippen molar-refractivity contribution in [2.45, 2.75) is 44.6 Å². The molecular formula is C29H33N3O4S. The Balaban J connectivity index is 1.48. The van der Waals surface area contributed by atoms with Crippen LogP contribution in [0.25, 0.3) is 0 Å². The Kier molecular flexibility index (Phi) is 8.41. The van der Waals surface area contributed by atoms with Crippen LogP contribution >= 0.6 is 0 Å². The molecule has 1 aliphatic rings. The molecule has 0 saturated carbocycles. The number of rotatable bonds is 9. The van der Waals surface area contributed by atoms with Crippen LogP contribution in [-0.4, -0.2) is 49.1 Å². The van der Waals surface area contributed by atoms with Gasteiger partial charge in [0.15, 0.2) is 0 Å². The molecule has 0 aromatic heterocycles. The SMILES string of the molecule is Cc1ccc(C)c(S(=O)(=O)N(CC(=O)Nc2ccc(CC(=O)N3CCCC3)cc2)Cc2ccccc2)c1. The van der Waals surface area contributed by atoms with Gasteiger partial charge in [-0.1, -0.05) is 54.6 Å². The van der Waals surface area contributed by atoms with Crippen LogP contribution in [0.15, 0.2) is 77.7 Å². The Bertz CT molecular complexity index is 1350. The summed E-state index contributed by atoms with van der Waals surface area (Å²) in [4.78, 5) is 27.5. The lowest BCUT2D eigenvalue weighted by Gasteiger charge is -2.23. The standard InChI is InChI=1S/C29H33N3O4S/c1-22-10-11-23(2)27(18-22)37(35,36)32(20-25-8-4-3-5-9-25)21-28(33)30-26-14-12-24(13-15-26)19-29(34)31-16-6-7-17-31/h3-5,8-15,18H,6-7,16-17,19-21H2,1-2H3,(H,30,33). The number of sulfonamides is 1. The summed E-state index contributed by atoms with van der Waals surface area (Å²) in [7, 11) is -3.94. The van der Waals surface area contributed by atoms with E-state index in [-0.39, 0.29) is 23.9 Å². The fraction of sp³-hybridized carbons (Fsp3) is 0.310. The molecule has 3 aromatic rings. The number of hydrogen-bond acceptors (Lipinski definition) is 4. The van der Waals surface area contributed by atoms with Gasteiger partial charge in [0.2, 0.25) is 21.8 Å².